The zero-order valence-corrected chi connectivity index (χ0v) is 12.1. The van der Waals surface area contributed by atoms with Crippen LogP contribution in [0, 0.1) is 6.92 Å². The fourth-order valence-electron chi connectivity index (χ4n) is 2.88. The number of nitrogens with zero attached hydrogens (tertiary/aromatic N) is 3. The van der Waals surface area contributed by atoms with Gasteiger partial charge < -0.3 is 10.2 Å². The number of anilines is 1. The van der Waals surface area contributed by atoms with Gasteiger partial charge in [-0.15, -0.1) is 5.10 Å². The summed E-state index contributed by atoms with van der Waals surface area (Å²) in [5.74, 6) is 0.910. The van der Waals surface area contributed by atoms with E-state index < -0.39 is 0 Å². The van der Waals surface area contributed by atoms with Crippen LogP contribution >= 0.6 is 0 Å². The Morgan fingerprint density at radius 2 is 1.85 bits per heavy atom. The van der Waals surface area contributed by atoms with E-state index in [9.17, 15) is 0 Å². The summed E-state index contributed by atoms with van der Waals surface area (Å²) >= 11 is 0. The molecule has 1 saturated heterocycles. The van der Waals surface area contributed by atoms with Crippen LogP contribution in [0.1, 0.15) is 25.0 Å². The van der Waals surface area contributed by atoms with Crippen molar-refractivity contribution in [3.05, 3.63) is 30.0 Å². The van der Waals surface area contributed by atoms with Crippen LogP contribution in [0.25, 0.3) is 10.8 Å². The van der Waals surface area contributed by atoms with Crippen molar-refractivity contribution in [1.82, 2.24) is 15.1 Å². The highest BCUT2D eigenvalue weighted by molar-refractivity contribution is 5.92. The van der Waals surface area contributed by atoms with E-state index in [1.807, 2.05) is 13.0 Å². The maximum Gasteiger partial charge on any atom is 0.156 e. The molecular formula is C16H22N4. The van der Waals surface area contributed by atoms with E-state index in [-0.39, 0.29) is 0 Å². The first kappa shape index (κ1) is 13.3. The molecule has 0 spiro atoms. The summed E-state index contributed by atoms with van der Waals surface area (Å²) < 4.78 is 0. The molecular weight excluding hydrogens is 248 g/mol. The van der Waals surface area contributed by atoms with E-state index in [1.165, 1.54) is 43.2 Å². The molecule has 0 aliphatic carbocycles. The van der Waals surface area contributed by atoms with Gasteiger partial charge in [0.15, 0.2) is 5.82 Å². The minimum absolute atomic E-state index is 0.910. The minimum Gasteiger partial charge on any atom is -0.368 e. The molecule has 0 bridgehead atoms. The van der Waals surface area contributed by atoms with Crippen LogP contribution in [0.15, 0.2) is 24.3 Å². The van der Waals surface area contributed by atoms with Crippen LogP contribution in [0.3, 0.4) is 0 Å². The summed E-state index contributed by atoms with van der Waals surface area (Å²) in [5, 5.41) is 14.3. The smallest absolute Gasteiger partial charge is 0.156 e. The van der Waals surface area contributed by atoms with Gasteiger partial charge >= 0.3 is 0 Å². The zero-order valence-electron chi connectivity index (χ0n) is 12.1. The summed E-state index contributed by atoms with van der Waals surface area (Å²) in [6.07, 6.45) is 3.88. The van der Waals surface area contributed by atoms with Gasteiger partial charge in [0.1, 0.15) is 0 Å². The molecule has 3 rings (SSSR count). The van der Waals surface area contributed by atoms with Crippen molar-refractivity contribution in [3.8, 4) is 0 Å². The van der Waals surface area contributed by atoms with Crippen LogP contribution < -0.4 is 5.32 Å². The first-order valence-corrected chi connectivity index (χ1v) is 7.53. The second kappa shape index (κ2) is 6.18. The van der Waals surface area contributed by atoms with E-state index in [4.69, 9.17) is 0 Å². The van der Waals surface area contributed by atoms with Gasteiger partial charge in [-0.1, -0.05) is 24.3 Å². The number of hydrogen-bond acceptors (Lipinski definition) is 4. The maximum absolute atomic E-state index is 4.30. The number of nitrogens with one attached hydrogen (secondary N) is 1. The fraction of sp³-hybridized carbons (Fsp3) is 0.500. The monoisotopic (exact) mass is 270 g/mol. The van der Waals surface area contributed by atoms with Crippen LogP contribution in [-0.2, 0) is 0 Å². The predicted molar refractivity (Wildman–Crippen MR) is 83.1 cm³/mol. The zero-order chi connectivity index (χ0) is 13.8. The van der Waals surface area contributed by atoms with Gasteiger partial charge in [0.25, 0.3) is 0 Å². The van der Waals surface area contributed by atoms with Crippen LogP contribution in [0.5, 0.6) is 0 Å². The average molecular weight is 270 g/mol. The van der Waals surface area contributed by atoms with Crippen molar-refractivity contribution >= 4 is 16.6 Å². The molecule has 1 fully saturated rings. The fourth-order valence-corrected chi connectivity index (χ4v) is 2.88. The van der Waals surface area contributed by atoms with Crippen molar-refractivity contribution in [1.29, 1.82) is 0 Å². The summed E-state index contributed by atoms with van der Waals surface area (Å²) in [5.41, 5.74) is 0.989. The van der Waals surface area contributed by atoms with Crippen molar-refractivity contribution in [2.24, 2.45) is 0 Å². The van der Waals surface area contributed by atoms with Gasteiger partial charge in [0, 0.05) is 17.3 Å². The van der Waals surface area contributed by atoms with Gasteiger partial charge in [-0.05, 0) is 45.8 Å². The standard InChI is InChI=1S/C16H22N4/c1-13-14-7-2-3-8-15(14)16(19-18-13)17-9-6-12-20-10-4-5-11-20/h2-3,7-8H,4-6,9-12H2,1H3,(H,17,19). The summed E-state index contributed by atoms with van der Waals surface area (Å²) in [4.78, 5) is 2.54. The molecule has 4 heteroatoms. The van der Waals surface area contributed by atoms with Crippen LogP contribution in [0.2, 0.25) is 0 Å². The molecule has 1 aromatic carbocycles. The third-order valence-electron chi connectivity index (χ3n) is 4.01. The van der Waals surface area contributed by atoms with Gasteiger partial charge in [-0.3, -0.25) is 0 Å². The largest absolute Gasteiger partial charge is 0.368 e. The Bertz CT molecular complexity index is 576. The third kappa shape index (κ3) is 2.90. The Kier molecular flexibility index (Phi) is 4.11. The van der Waals surface area contributed by atoms with E-state index in [0.717, 1.165) is 24.5 Å². The summed E-state index contributed by atoms with van der Waals surface area (Å²) in [6.45, 7) is 6.69. The first-order valence-electron chi connectivity index (χ1n) is 7.53. The molecule has 20 heavy (non-hydrogen) atoms. The SMILES string of the molecule is Cc1nnc(NCCCN2CCCC2)c2ccccc12. The van der Waals surface area contributed by atoms with Gasteiger partial charge in [-0.2, -0.15) is 5.10 Å². The number of fused-ring (bicyclic) bond motifs is 1. The van der Waals surface area contributed by atoms with Gasteiger partial charge in [0.2, 0.25) is 0 Å². The van der Waals surface area contributed by atoms with Crippen molar-refractivity contribution in [2.45, 2.75) is 26.2 Å². The molecule has 1 aliphatic rings. The predicted octanol–water partition coefficient (Wildman–Crippen LogP) is 2.84. The van der Waals surface area contributed by atoms with E-state index >= 15 is 0 Å². The lowest BCUT2D eigenvalue weighted by atomic mass is 10.1. The number of likely N-dealkylation sites (tertiary alicyclic amines) is 1. The number of benzene rings is 1. The number of aromatic nitrogens is 2. The molecule has 2 aromatic rings. The molecule has 0 amide bonds. The van der Waals surface area contributed by atoms with Gasteiger partial charge in [-0.25, -0.2) is 0 Å². The molecule has 4 nitrogen and oxygen atoms in total. The molecule has 0 atom stereocenters. The van der Waals surface area contributed by atoms with Crippen LogP contribution in [-0.4, -0.2) is 41.3 Å². The highest BCUT2D eigenvalue weighted by Gasteiger charge is 2.10. The minimum atomic E-state index is 0.910. The normalized spacial score (nSPS) is 15.8. The lowest BCUT2D eigenvalue weighted by Crippen LogP contribution is -2.22. The lowest BCUT2D eigenvalue weighted by Gasteiger charge is -2.15. The Morgan fingerprint density at radius 3 is 2.65 bits per heavy atom. The second-order valence-corrected chi connectivity index (χ2v) is 5.51. The van der Waals surface area contributed by atoms with Crippen molar-refractivity contribution in [3.63, 3.8) is 0 Å². The number of hydrogen-bond donors (Lipinski definition) is 1. The van der Waals surface area contributed by atoms with Crippen molar-refractivity contribution < 1.29 is 0 Å². The Morgan fingerprint density at radius 1 is 1.10 bits per heavy atom. The Balaban J connectivity index is 1.61. The lowest BCUT2D eigenvalue weighted by molar-refractivity contribution is 0.337. The number of rotatable bonds is 5. The van der Waals surface area contributed by atoms with Crippen LogP contribution in [0.4, 0.5) is 5.82 Å². The highest BCUT2D eigenvalue weighted by atomic mass is 15.2. The average Bonchev–Trinajstić information content (AvgIpc) is 2.99. The first-order chi connectivity index (χ1) is 9.84. The molecule has 0 radical (unpaired) electrons. The Labute approximate surface area is 120 Å². The third-order valence-corrected chi connectivity index (χ3v) is 4.01. The highest BCUT2D eigenvalue weighted by Crippen LogP contribution is 2.22. The summed E-state index contributed by atoms with van der Waals surface area (Å²) in [7, 11) is 0. The molecule has 1 aromatic heterocycles. The molecule has 1 N–H and O–H groups in total. The summed E-state index contributed by atoms with van der Waals surface area (Å²) in [6, 6.07) is 8.32. The van der Waals surface area contributed by atoms with E-state index in [1.54, 1.807) is 0 Å². The van der Waals surface area contributed by atoms with E-state index in [2.05, 4.69) is 38.6 Å². The Hall–Kier alpha value is -1.68. The second-order valence-electron chi connectivity index (χ2n) is 5.51. The molecule has 106 valence electrons. The topological polar surface area (TPSA) is 41.1 Å². The van der Waals surface area contributed by atoms with Gasteiger partial charge in [0.05, 0.1) is 5.69 Å². The molecule has 0 saturated carbocycles. The quantitative estimate of drug-likeness (QED) is 0.848. The molecule has 2 heterocycles. The molecule has 0 unspecified atom stereocenters. The van der Waals surface area contributed by atoms with Crippen molar-refractivity contribution in [2.75, 3.05) is 31.5 Å². The molecule has 1 aliphatic heterocycles. The van der Waals surface area contributed by atoms with E-state index in [0.29, 0.717) is 0 Å². The maximum atomic E-state index is 4.30. The number of aryl methyl sites for hydroxylation is 1.